The first kappa shape index (κ1) is 34.1. The summed E-state index contributed by atoms with van der Waals surface area (Å²) in [6, 6.07) is 4.92. The molecule has 0 bridgehead atoms. The zero-order valence-corrected chi connectivity index (χ0v) is 23.9. The predicted octanol–water partition coefficient (Wildman–Crippen LogP) is 2.72. The van der Waals surface area contributed by atoms with Gasteiger partial charge in [-0.05, 0) is 23.3 Å². The highest BCUT2D eigenvalue weighted by Gasteiger charge is 2.41. The smallest absolute Gasteiger partial charge is 0.340 e. The summed E-state index contributed by atoms with van der Waals surface area (Å²) in [7, 11) is 1.53. The normalized spacial score (nSPS) is 16.4. The lowest BCUT2D eigenvalue weighted by atomic mass is 9.84. The van der Waals surface area contributed by atoms with Gasteiger partial charge in [0.1, 0.15) is 13.2 Å². The first-order valence-corrected chi connectivity index (χ1v) is 12.6. The van der Waals surface area contributed by atoms with Crippen LogP contribution in [0, 0.1) is 28.6 Å². The van der Waals surface area contributed by atoms with Crippen LogP contribution in [0.1, 0.15) is 53.1 Å². The Hall–Kier alpha value is -3.95. The number of fused-ring (bicyclic) bond motifs is 1. The highest BCUT2D eigenvalue weighted by molar-refractivity contribution is 5.87. The average Bonchev–Trinajstić information content (AvgIpc) is 3.16. The van der Waals surface area contributed by atoms with Gasteiger partial charge in [0.05, 0.1) is 23.6 Å². The van der Waals surface area contributed by atoms with Crippen LogP contribution in [0.4, 0.5) is 13.2 Å². The lowest BCUT2D eigenvalue weighted by molar-refractivity contribution is -0.865. The lowest BCUT2D eigenvalue weighted by Crippen LogP contribution is -2.44. The molecule has 3 amide bonds. The quantitative estimate of drug-likeness (QED) is 0.408. The number of likely N-dealkylation sites (tertiary alicyclic amines) is 1. The van der Waals surface area contributed by atoms with Crippen molar-refractivity contribution in [3.63, 3.8) is 0 Å². The molecule has 2 N–H and O–H groups in total. The van der Waals surface area contributed by atoms with Crippen LogP contribution in [0.3, 0.4) is 0 Å². The fraction of sp³-hybridized carbons (Fsp3) is 0.556. The second kappa shape index (κ2) is 15.0. The molecule has 1 fully saturated rings. The fourth-order valence-electron chi connectivity index (χ4n) is 3.64. The van der Waals surface area contributed by atoms with Crippen LogP contribution >= 0.6 is 0 Å². The number of hydrogen-bond donors (Lipinski definition) is 2. The second-order valence-corrected chi connectivity index (χ2v) is 10.6. The Morgan fingerprint density at radius 3 is 2.42 bits per heavy atom. The standard InChI is InChI=1S/C12H10N4O2.C11H17F3N2O2.C4H10/c1-18-16-4-2-3-9-6-14-7-10(12(9)16)11(5-13)15-8-17;1-7-5-16(6-10(7,2)3)8(17)4-15-9(18)11(12,13)14;1-4(2)3/h2-4,6-8,11H,1H3;7H,4-6H2,1-3H3,(H,15,18);4H,1-3H3/p+1. The van der Waals surface area contributed by atoms with Gasteiger partial charge in [-0.1, -0.05) is 41.5 Å². The molecule has 10 nitrogen and oxygen atoms in total. The highest BCUT2D eigenvalue weighted by Crippen LogP contribution is 2.34. The molecule has 2 unspecified atom stereocenters. The lowest BCUT2D eigenvalue weighted by Gasteiger charge is -2.22. The SMILES string of the molecule is CC(C)C.CC1CN(C(=O)CNC(=O)C(F)(F)F)CC1(C)C.CO[n+]1cccc2cncc(C(C#N)NC=O)c21. The number of carbonyl (C=O) groups is 3. The number of alkyl halides is 3. The molecule has 0 aromatic carbocycles. The first-order chi connectivity index (χ1) is 18.6. The molecule has 2 aromatic rings. The minimum atomic E-state index is -4.95. The van der Waals surface area contributed by atoms with E-state index >= 15 is 0 Å². The van der Waals surface area contributed by atoms with E-state index < -0.39 is 30.6 Å². The first-order valence-electron chi connectivity index (χ1n) is 12.6. The molecule has 40 heavy (non-hydrogen) atoms. The molecule has 3 rings (SSSR count). The molecule has 0 saturated carbocycles. The minimum Gasteiger partial charge on any atom is -0.340 e. The van der Waals surface area contributed by atoms with Crippen LogP contribution in [-0.2, 0) is 14.4 Å². The van der Waals surface area contributed by atoms with Crippen LogP contribution in [0.15, 0.2) is 30.7 Å². The third kappa shape index (κ3) is 9.98. The largest absolute Gasteiger partial charge is 0.471 e. The van der Waals surface area contributed by atoms with Crippen molar-refractivity contribution in [2.75, 3.05) is 26.7 Å². The van der Waals surface area contributed by atoms with Crippen molar-refractivity contribution < 1.29 is 37.1 Å². The monoisotopic (exact) mass is 567 g/mol. The van der Waals surface area contributed by atoms with E-state index in [1.165, 1.54) is 16.7 Å². The number of nitriles is 1. The Morgan fingerprint density at radius 1 is 1.32 bits per heavy atom. The summed E-state index contributed by atoms with van der Waals surface area (Å²) in [5.74, 6) is -1.45. The summed E-state index contributed by atoms with van der Waals surface area (Å²) in [6.45, 7) is 12.9. The highest BCUT2D eigenvalue weighted by atomic mass is 19.4. The van der Waals surface area contributed by atoms with E-state index in [1.807, 2.05) is 39.0 Å². The van der Waals surface area contributed by atoms with Gasteiger partial charge in [-0.3, -0.25) is 24.2 Å². The molecule has 2 atom stereocenters. The summed E-state index contributed by atoms with van der Waals surface area (Å²) in [4.78, 5) is 43.5. The molecule has 1 saturated heterocycles. The molecule has 1 aliphatic rings. The maximum Gasteiger partial charge on any atom is 0.471 e. The Kier molecular flexibility index (Phi) is 12.8. The number of nitrogens with zero attached hydrogens (tertiary/aromatic N) is 4. The Balaban J connectivity index is 0.000000353. The van der Waals surface area contributed by atoms with E-state index in [9.17, 15) is 27.6 Å². The van der Waals surface area contributed by atoms with E-state index in [4.69, 9.17) is 10.1 Å². The van der Waals surface area contributed by atoms with E-state index in [2.05, 4.69) is 31.1 Å². The zero-order chi connectivity index (χ0) is 30.7. The maximum atomic E-state index is 11.9. The molecule has 0 aliphatic carbocycles. The topological polar surface area (TPSA) is 128 Å². The summed E-state index contributed by atoms with van der Waals surface area (Å²) in [5.41, 5.74) is 1.24. The number of amides is 3. The number of rotatable bonds is 6. The maximum absolute atomic E-state index is 11.9. The van der Waals surface area contributed by atoms with Gasteiger partial charge in [-0.15, -0.1) is 0 Å². The van der Waals surface area contributed by atoms with E-state index in [0.29, 0.717) is 30.6 Å². The van der Waals surface area contributed by atoms with Gasteiger partial charge in [-0.25, -0.2) is 0 Å². The van der Waals surface area contributed by atoms with E-state index in [-0.39, 0.29) is 11.3 Å². The third-order valence-corrected chi connectivity index (χ3v) is 6.00. The van der Waals surface area contributed by atoms with Gasteiger partial charge < -0.3 is 15.5 Å². The fourth-order valence-corrected chi connectivity index (χ4v) is 3.64. The van der Waals surface area contributed by atoms with Crippen molar-refractivity contribution in [2.45, 2.75) is 53.8 Å². The Morgan fingerprint density at radius 2 is 1.95 bits per heavy atom. The van der Waals surface area contributed by atoms with Crippen molar-refractivity contribution in [3.05, 3.63) is 36.3 Å². The minimum absolute atomic E-state index is 0.0519. The summed E-state index contributed by atoms with van der Waals surface area (Å²) in [5, 5.41) is 13.9. The Bertz CT molecular complexity index is 1190. The molecule has 13 heteroatoms. The van der Waals surface area contributed by atoms with Gasteiger partial charge in [0.2, 0.25) is 18.5 Å². The van der Waals surface area contributed by atoms with Gasteiger partial charge in [0.25, 0.3) is 5.52 Å². The zero-order valence-electron chi connectivity index (χ0n) is 23.9. The van der Waals surface area contributed by atoms with Crippen molar-refractivity contribution >= 4 is 29.1 Å². The Labute approximate surface area is 232 Å². The molecule has 3 heterocycles. The molecular weight excluding hydrogens is 529 g/mol. The third-order valence-electron chi connectivity index (χ3n) is 6.00. The molecule has 1 aliphatic heterocycles. The summed E-state index contributed by atoms with van der Waals surface area (Å²) >= 11 is 0. The molecule has 220 valence electrons. The van der Waals surface area contributed by atoms with Crippen LogP contribution in [0.25, 0.3) is 10.9 Å². The predicted molar refractivity (Wildman–Crippen MR) is 141 cm³/mol. The van der Waals surface area contributed by atoms with E-state index in [1.54, 1.807) is 23.9 Å². The van der Waals surface area contributed by atoms with Crippen molar-refractivity contribution in [1.29, 1.82) is 5.26 Å². The number of carbonyl (C=O) groups excluding carboxylic acids is 3. The molecular formula is C27H38F3N6O4+. The van der Waals surface area contributed by atoms with Gasteiger partial charge in [-0.2, -0.15) is 18.4 Å². The number of halogens is 3. The second-order valence-electron chi connectivity index (χ2n) is 10.6. The number of hydrogen-bond acceptors (Lipinski definition) is 6. The van der Waals surface area contributed by atoms with Crippen molar-refractivity contribution in [1.82, 2.24) is 20.5 Å². The molecule has 2 aromatic heterocycles. The van der Waals surface area contributed by atoms with Gasteiger partial charge in [0.15, 0.2) is 0 Å². The van der Waals surface area contributed by atoms with Crippen LogP contribution in [-0.4, -0.2) is 61.0 Å². The number of pyridine rings is 2. The van der Waals surface area contributed by atoms with Crippen molar-refractivity contribution in [3.8, 4) is 6.07 Å². The van der Waals surface area contributed by atoms with Gasteiger partial charge >= 0.3 is 12.1 Å². The molecule has 0 radical (unpaired) electrons. The summed E-state index contributed by atoms with van der Waals surface area (Å²) < 4.78 is 37.3. The number of nitrogens with one attached hydrogen (secondary N) is 2. The van der Waals surface area contributed by atoms with Gasteiger partial charge in [0, 0.05) is 36.3 Å². The van der Waals surface area contributed by atoms with E-state index in [0.717, 1.165) is 11.3 Å². The van der Waals surface area contributed by atoms with Crippen LogP contribution < -0.4 is 20.2 Å². The number of aromatic nitrogens is 2. The average molecular weight is 568 g/mol. The van der Waals surface area contributed by atoms with Crippen LogP contribution in [0.2, 0.25) is 0 Å². The van der Waals surface area contributed by atoms with Crippen molar-refractivity contribution in [2.24, 2.45) is 17.3 Å². The summed E-state index contributed by atoms with van der Waals surface area (Å²) in [6.07, 6.45) is 0.484. The molecule has 0 spiro atoms. The van der Waals surface area contributed by atoms with Crippen LogP contribution in [0.5, 0.6) is 0 Å².